The number of fused-ring (bicyclic) bond motifs is 1. The van der Waals surface area contributed by atoms with Crippen LogP contribution in [0.25, 0.3) is 11.2 Å². The first-order valence-corrected chi connectivity index (χ1v) is 21.1. The lowest BCUT2D eigenvalue weighted by Gasteiger charge is -2.26. The molecule has 60 heavy (non-hydrogen) atoms. The molecule has 2 aliphatic rings. The fourth-order valence-electron chi connectivity index (χ4n) is 5.44. The molecule has 0 spiro atoms. The average molecular weight is 924 g/mol. The number of phosphoric ester groups is 3. The number of primary amides is 1. The third-order valence-corrected chi connectivity index (χ3v) is 11.5. The lowest BCUT2D eigenvalue weighted by molar-refractivity contribution is -0.765. The normalized spacial score (nSPS) is 28.5. The van der Waals surface area contributed by atoms with E-state index in [1.807, 2.05) is 0 Å². The van der Waals surface area contributed by atoms with Crippen LogP contribution in [0.3, 0.4) is 0 Å². The molecule has 1 amide bonds. The molecule has 2 unspecified atom stereocenters. The van der Waals surface area contributed by atoms with E-state index in [2.05, 4.69) is 32.8 Å². The van der Waals surface area contributed by atoms with E-state index in [-0.39, 0.29) is 28.8 Å². The number of aromatic nitrogens is 5. The number of aliphatic hydroxyl groups is 8. The summed E-state index contributed by atoms with van der Waals surface area (Å²) in [6, 6.07) is 2.77. The lowest BCUT2D eigenvalue weighted by atomic mass is 10.0. The van der Waals surface area contributed by atoms with Crippen LogP contribution in [0.5, 0.6) is 0 Å². The molecule has 5 rings (SSSR count). The smallest absolute Gasteiger partial charge is 0.478 e. The Bertz CT molecular complexity index is 2100. The summed E-state index contributed by atoms with van der Waals surface area (Å²) in [5.74, 6) is -0.862. The molecule has 0 aromatic carbocycles. The van der Waals surface area contributed by atoms with E-state index in [0.717, 1.165) is 17.2 Å². The molecule has 0 aliphatic carbocycles. The Morgan fingerprint density at radius 3 is 2.25 bits per heavy atom. The van der Waals surface area contributed by atoms with Crippen molar-refractivity contribution in [2.75, 3.05) is 25.6 Å². The SMILES string of the molecule is NC(=O)c1ccc[n+]([C@@H]2O[C@H](COP(=O)([O-])OP(=O)(O)OC[C@H]3O[C@@H](n4cnc5c(N)ncnc54)[C@H](OP(=O)(O)O)[C@@H]3O)[C@@H](O)[C@H]2O)c1.O=C[C@H](O)[C@@H](O)[C@@H](O)[C@H](O)CO. The standard InChI is InChI=1S/C21H28N7O17P3.C6H12O6/c22-17-12-19(25-7-24-17)28(8-26-12)21-16(44-46(33,34)35)14(30)11(43-21)6-41-48(38,39)45-47(36,37)40-5-10-13(29)15(31)20(42-10)27-3-1-2-9(4-27)18(23)32;7-1-3(9)5(11)6(12)4(10)2-8/h1-4,7-8,10-11,13-16,20-21,29-31H,5-6H2,(H7-,22,23,24,25,32,33,34,35,36,37,38,39);1,3-6,8-12H,2H2/t10-,11-,13-,14-,15-,16-,20-,21-;3-,4+,5+,6-/m10/s1. The number of hydrogen-bond donors (Lipinski definition) is 13. The first-order chi connectivity index (χ1) is 27.9. The van der Waals surface area contributed by atoms with Crippen LogP contribution in [0.4, 0.5) is 5.82 Å². The summed E-state index contributed by atoms with van der Waals surface area (Å²) < 4.78 is 67.9. The highest BCUT2D eigenvalue weighted by molar-refractivity contribution is 7.60. The number of carbonyl (C=O) groups excluding carboxylic acids is 2. The molecule has 2 saturated heterocycles. The largest absolute Gasteiger partial charge is 0.756 e. The molecule has 2 aliphatic heterocycles. The minimum atomic E-state index is -5.72. The molecule has 15 N–H and O–H groups in total. The van der Waals surface area contributed by atoms with Crippen molar-refractivity contribution in [3.8, 4) is 0 Å². The third-order valence-electron chi connectivity index (χ3n) is 8.39. The van der Waals surface area contributed by atoms with Gasteiger partial charge in [-0.25, -0.2) is 28.4 Å². The number of anilines is 1. The van der Waals surface area contributed by atoms with Crippen molar-refractivity contribution in [3.63, 3.8) is 0 Å². The van der Waals surface area contributed by atoms with Gasteiger partial charge in [-0.2, -0.15) is 4.57 Å². The highest BCUT2D eigenvalue weighted by atomic mass is 31.3. The summed E-state index contributed by atoms with van der Waals surface area (Å²) >= 11 is 0. The number of nitrogen functional groups attached to an aromatic ring is 1. The quantitative estimate of drug-likeness (QED) is 0.0320. The maximum atomic E-state index is 12.5. The second-order valence-electron chi connectivity index (χ2n) is 12.6. The van der Waals surface area contributed by atoms with Crippen LogP contribution >= 0.6 is 23.5 Å². The number of aliphatic hydroxyl groups excluding tert-OH is 8. The zero-order valence-electron chi connectivity index (χ0n) is 30.1. The molecular weight excluding hydrogens is 883 g/mol. The predicted octanol–water partition coefficient (Wildman–Crippen LogP) is -6.91. The zero-order valence-corrected chi connectivity index (χ0v) is 32.8. The highest BCUT2D eigenvalue weighted by Gasteiger charge is 2.51. The number of nitrogens with zero attached hydrogens (tertiary/aromatic N) is 5. The number of pyridine rings is 1. The molecule has 0 radical (unpaired) electrons. The zero-order chi connectivity index (χ0) is 44.9. The maximum absolute atomic E-state index is 12.5. The van der Waals surface area contributed by atoms with Gasteiger partial charge in [-0.05, 0) is 6.07 Å². The predicted molar refractivity (Wildman–Crippen MR) is 185 cm³/mol. The van der Waals surface area contributed by atoms with E-state index in [9.17, 15) is 58.2 Å². The summed E-state index contributed by atoms with van der Waals surface area (Å²) in [6.45, 7) is -2.88. The van der Waals surface area contributed by atoms with Gasteiger partial charge < -0.3 is 90.7 Å². The average Bonchev–Trinajstić information content (AvgIpc) is 3.84. The number of imidazole rings is 1. The van der Waals surface area contributed by atoms with Crippen molar-refractivity contribution in [1.29, 1.82) is 0 Å². The topological polar surface area (TPSA) is 486 Å². The molecule has 2 fully saturated rings. The van der Waals surface area contributed by atoms with Crippen LogP contribution in [-0.4, -0.2) is 168 Å². The minimum Gasteiger partial charge on any atom is -0.756 e. The maximum Gasteiger partial charge on any atom is 0.478 e. The van der Waals surface area contributed by atoms with Gasteiger partial charge in [-0.1, -0.05) is 0 Å². The highest BCUT2D eigenvalue weighted by Crippen LogP contribution is 2.58. The Kier molecular flexibility index (Phi) is 16.6. The number of phosphoric acid groups is 3. The fraction of sp³-hybridized carbons (Fsp3) is 0.556. The van der Waals surface area contributed by atoms with Gasteiger partial charge >= 0.3 is 15.6 Å². The molecule has 0 bridgehead atoms. The Morgan fingerprint density at radius 1 is 0.983 bits per heavy atom. The van der Waals surface area contributed by atoms with Crippen molar-refractivity contribution in [2.24, 2.45) is 5.73 Å². The van der Waals surface area contributed by atoms with Gasteiger partial charge in [-0.15, -0.1) is 0 Å². The number of aldehydes is 1. The van der Waals surface area contributed by atoms with E-state index in [1.54, 1.807) is 0 Å². The summed E-state index contributed by atoms with van der Waals surface area (Å²) in [5, 5.41) is 75.0. The van der Waals surface area contributed by atoms with Crippen molar-refractivity contribution >= 4 is 52.6 Å². The van der Waals surface area contributed by atoms with Crippen LogP contribution < -0.4 is 20.9 Å². The lowest BCUT2D eigenvalue weighted by Crippen LogP contribution is -2.46. The van der Waals surface area contributed by atoms with E-state index in [1.165, 1.54) is 29.1 Å². The number of carbonyl (C=O) groups is 2. The molecular formula is C27H40N7O23P3. The number of amides is 1. The Balaban J connectivity index is 0.000000575. The van der Waals surface area contributed by atoms with Crippen LogP contribution in [0, 0.1) is 0 Å². The van der Waals surface area contributed by atoms with Crippen molar-refractivity contribution in [1.82, 2.24) is 19.5 Å². The summed E-state index contributed by atoms with van der Waals surface area (Å²) in [4.78, 5) is 74.3. The molecule has 5 heterocycles. The number of nitrogens with two attached hydrogens (primary N) is 2. The summed E-state index contributed by atoms with van der Waals surface area (Å²) in [7, 11) is -16.6. The van der Waals surface area contributed by atoms with Crippen LogP contribution in [0.15, 0.2) is 37.2 Å². The molecule has 30 nitrogen and oxygen atoms in total. The number of ether oxygens (including phenoxy) is 2. The van der Waals surface area contributed by atoms with Crippen LogP contribution in [0.1, 0.15) is 22.8 Å². The number of rotatable bonds is 18. The Morgan fingerprint density at radius 2 is 1.63 bits per heavy atom. The molecule has 336 valence electrons. The summed E-state index contributed by atoms with van der Waals surface area (Å²) in [5.41, 5.74) is 11.1. The third kappa shape index (κ3) is 12.4. The van der Waals surface area contributed by atoms with Crippen molar-refractivity contribution < 1.29 is 116 Å². The van der Waals surface area contributed by atoms with E-state index in [4.69, 9.17) is 46.5 Å². The van der Waals surface area contributed by atoms with Crippen LogP contribution in [0.2, 0.25) is 0 Å². The van der Waals surface area contributed by atoms with E-state index >= 15 is 0 Å². The number of hydrogen-bond acceptors (Lipinski definition) is 24. The molecule has 3 aromatic heterocycles. The van der Waals surface area contributed by atoms with Gasteiger partial charge in [0.1, 0.15) is 72.3 Å². The van der Waals surface area contributed by atoms with Gasteiger partial charge in [0.2, 0.25) is 0 Å². The second-order valence-corrected chi connectivity index (χ2v) is 16.8. The van der Waals surface area contributed by atoms with Crippen molar-refractivity contribution in [3.05, 3.63) is 42.7 Å². The molecule has 14 atom stereocenters. The van der Waals surface area contributed by atoms with E-state index in [0.29, 0.717) is 0 Å². The molecule has 3 aromatic rings. The second kappa shape index (κ2) is 20.2. The van der Waals surface area contributed by atoms with E-state index < -0.39 is 123 Å². The van der Waals surface area contributed by atoms with Gasteiger partial charge in [0.05, 0.1) is 26.1 Å². The van der Waals surface area contributed by atoms with Gasteiger partial charge in [0.25, 0.3) is 20.0 Å². The monoisotopic (exact) mass is 923 g/mol. The van der Waals surface area contributed by atoms with Gasteiger partial charge in [-0.3, -0.25) is 23.0 Å². The van der Waals surface area contributed by atoms with Gasteiger partial charge in [0, 0.05) is 6.07 Å². The van der Waals surface area contributed by atoms with Crippen LogP contribution in [-0.2, 0) is 45.8 Å². The first kappa shape index (κ1) is 49.3. The molecule has 0 saturated carbocycles. The summed E-state index contributed by atoms with van der Waals surface area (Å²) in [6.07, 6.45) is -15.4. The Hall–Kier alpha value is -3.39. The fourth-order valence-corrected chi connectivity index (χ4v) is 8.04. The molecule has 33 heteroatoms. The Labute approximate surface area is 335 Å². The van der Waals surface area contributed by atoms with Crippen molar-refractivity contribution in [2.45, 2.75) is 73.5 Å². The first-order valence-electron chi connectivity index (χ1n) is 16.7. The van der Waals surface area contributed by atoms with Gasteiger partial charge in [0.15, 0.2) is 42.5 Å². The minimum absolute atomic E-state index is 0.00541.